The molecule has 1 atom stereocenters. The number of rotatable bonds is 5. The van der Waals surface area contributed by atoms with Gasteiger partial charge in [-0.1, -0.05) is 36.8 Å². The zero-order valence-corrected chi connectivity index (χ0v) is 9.66. The summed E-state index contributed by atoms with van der Waals surface area (Å²) in [5.41, 5.74) is 3.44. The summed E-state index contributed by atoms with van der Waals surface area (Å²) in [6.07, 6.45) is 2.28. The second kappa shape index (κ2) is 5.72. The van der Waals surface area contributed by atoms with E-state index in [0.29, 0.717) is 0 Å². The number of hydrogen-bond donors (Lipinski definition) is 1. The van der Waals surface area contributed by atoms with Crippen molar-refractivity contribution in [3.63, 3.8) is 0 Å². The first kappa shape index (κ1) is 12.0. The third-order valence-electron chi connectivity index (χ3n) is 2.64. The van der Waals surface area contributed by atoms with Crippen LogP contribution in [0, 0.1) is 0 Å². The molecule has 0 heterocycles. The van der Waals surface area contributed by atoms with Crippen LogP contribution in [0.1, 0.15) is 43.9 Å². The normalized spacial score (nSPS) is 12.5. The van der Waals surface area contributed by atoms with Crippen LogP contribution >= 0.6 is 0 Å². The Balaban J connectivity index is 2.72. The van der Waals surface area contributed by atoms with Crippen LogP contribution in [0.15, 0.2) is 36.4 Å². The van der Waals surface area contributed by atoms with Crippen molar-refractivity contribution in [2.45, 2.75) is 39.2 Å². The molecular weight excluding hydrogens is 184 g/mol. The van der Waals surface area contributed by atoms with Crippen molar-refractivity contribution in [2.24, 2.45) is 0 Å². The lowest BCUT2D eigenvalue weighted by atomic mass is 9.96. The minimum Gasteiger partial charge on any atom is -0.388 e. The molecule has 0 aliphatic heterocycles. The Bertz CT molecular complexity index is 328. The molecule has 82 valence electrons. The molecule has 0 aromatic heterocycles. The Kier molecular flexibility index (Phi) is 4.57. The van der Waals surface area contributed by atoms with Crippen LogP contribution < -0.4 is 0 Å². The van der Waals surface area contributed by atoms with Crippen molar-refractivity contribution >= 4 is 0 Å². The van der Waals surface area contributed by atoms with Crippen LogP contribution in [0.2, 0.25) is 0 Å². The summed E-state index contributed by atoms with van der Waals surface area (Å²) in [5, 5.41) is 10.0. The molecule has 0 aliphatic carbocycles. The first-order chi connectivity index (χ1) is 7.15. The van der Waals surface area contributed by atoms with Crippen LogP contribution in [0.3, 0.4) is 0 Å². The Morgan fingerprint density at radius 2 is 2.07 bits per heavy atom. The van der Waals surface area contributed by atoms with Gasteiger partial charge in [-0.05, 0) is 37.3 Å². The fourth-order valence-electron chi connectivity index (χ4n) is 1.72. The summed E-state index contributed by atoms with van der Waals surface area (Å²) in [5.74, 6) is 0. The van der Waals surface area contributed by atoms with E-state index in [2.05, 4.69) is 19.6 Å². The third kappa shape index (κ3) is 3.52. The summed E-state index contributed by atoms with van der Waals surface area (Å²) in [6.45, 7) is 7.97. The van der Waals surface area contributed by atoms with Crippen molar-refractivity contribution in [1.29, 1.82) is 0 Å². The van der Waals surface area contributed by atoms with Crippen LogP contribution in [0.4, 0.5) is 0 Å². The second-order valence-corrected chi connectivity index (χ2v) is 4.06. The highest BCUT2D eigenvalue weighted by Gasteiger charge is 2.10. The van der Waals surface area contributed by atoms with Gasteiger partial charge in [0.2, 0.25) is 0 Å². The topological polar surface area (TPSA) is 20.2 Å². The summed E-state index contributed by atoms with van der Waals surface area (Å²) in [7, 11) is 0. The van der Waals surface area contributed by atoms with Crippen molar-refractivity contribution in [3.05, 3.63) is 47.5 Å². The fourth-order valence-corrected chi connectivity index (χ4v) is 1.72. The average molecular weight is 204 g/mol. The predicted molar refractivity (Wildman–Crippen MR) is 64.8 cm³/mol. The number of aliphatic hydroxyl groups excluding tert-OH is 1. The van der Waals surface area contributed by atoms with E-state index in [-0.39, 0.29) is 6.10 Å². The molecule has 1 aromatic carbocycles. The number of benzene rings is 1. The average Bonchev–Trinajstić information content (AvgIpc) is 2.25. The van der Waals surface area contributed by atoms with Gasteiger partial charge >= 0.3 is 0 Å². The largest absolute Gasteiger partial charge is 0.388 e. The molecule has 1 heteroatoms. The van der Waals surface area contributed by atoms with Gasteiger partial charge in [-0.3, -0.25) is 0 Å². The Morgan fingerprint density at radius 1 is 1.40 bits per heavy atom. The summed E-state index contributed by atoms with van der Waals surface area (Å²) < 4.78 is 0. The molecule has 1 rings (SSSR count). The molecule has 0 amide bonds. The summed E-state index contributed by atoms with van der Waals surface area (Å²) >= 11 is 0. The van der Waals surface area contributed by atoms with Gasteiger partial charge in [-0.2, -0.15) is 0 Å². The Morgan fingerprint density at radius 3 is 2.67 bits per heavy atom. The molecule has 0 aliphatic rings. The molecule has 1 aromatic rings. The number of hydrogen-bond acceptors (Lipinski definition) is 1. The van der Waals surface area contributed by atoms with Gasteiger partial charge in [-0.15, -0.1) is 6.58 Å². The van der Waals surface area contributed by atoms with Gasteiger partial charge in [0.1, 0.15) is 0 Å². The van der Waals surface area contributed by atoms with Gasteiger partial charge < -0.3 is 5.11 Å². The van der Waals surface area contributed by atoms with E-state index in [1.54, 1.807) is 0 Å². The first-order valence-corrected chi connectivity index (χ1v) is 5.55. The molecule has 0 saturated carbocycles. The van der Waals surface area contributed by atoms with Crippen LogP contribution in [0.5, 0.6) is 0 Å². The lowest BCUT2D eigenvalue weighted by Crippen LogP contribution is -2.01. The third-order valence-corrected chi connectivity index (χ3v) is 2.64. The minimum absolute atomic E-state index is 0.349. The summed E-state index contributed by atoms with van der Waals surface area (Å²) in [4.78, 5) is 0. The molecule has 1 N–H and O–H groups in total. The van der Waals surface area contributed by atoms with Crippen LogP contribution in [-0.2, 0) is 6.42 Å². The molecule has 0 spiro atoms. The second-order valence-electron chi connectivity index (χ2n) is 4.06. The van der Waals surface area contributed by atoms with Gasteiger partial charge in [0.25, 0.3) is 0 Å². The van der Waals surface area contributed by atoms with Crippen molar-refractivity contribution < 1.29 is 5.11 Å². The highest BCUT2D eigenvalue weighted by Crippen LogP contribution is 2.23. The molecule has 1 unspecified atom stereocenters. The van der Waals surface area contributed by atoms with E-state index in [1.807, 2.05) is 25.1 Å². The molecule has 0 bridgehead atoms. The zero-order valence-electron chi connectivity index (χ0n) is 9.66. The number of aryl methyl sites for hydroxylation is 1. The summed E-state index contributed by atoms with van der Waals surface area (Å²) in [6, 6.07) is 8.10. The Hall–Kier alpha value is -1.08. The maximum atomic E-state index is 10.0. The van der Waals surface area contributed by atoms with E-state index in [1.165, 1.54) is 5.56 Å². The maximum absolute atomic E-state index is 10.0. The molecule has 0 saturated heterocycles. The van der Waals surface area contributed by atoms with E-state index < -0.39 is 0 Å². The lowest BCUT2D eigenvalue weighted by molar-refractivity contribution is 0.167. The van der Waals surface area contributed by atoms with Gasteiger partial charge in [0, 0.05) is 0 Å². The van der Waals surface area contributed by atoms with E-state index in [0.717, 1.165) is 30.4 Å². The highest BCUT2D eigenvalue weighted by molar-refractivity contribution is 5.29. The molecule has 0 fully saturated rings. The number of allylic oxidation sites excluding steroid dienone is 1. The van der Waals surface area contributed by atoms with Crippen LogP contribution in [-0.4, -0.2) is 5.11 Å². The smallest absolute Gasteiger partial charge is 0.0795 e. The molecule has 1 nitrogen and oxygen atoms in total. The van der Waals surface area contributed by atoms with E-state index in [4.69, 9.17) is 0 Å². The van der Waals surface area contributed by atoms with E-state index in [9.17, 15) is 5.11 Å². The Labute approximate surface area is 92.5 Å². The van der Waals surface area contributed by atoms with Crippen molar-refractivity contribution in [2.75, 3.05) is 0 Å². The zero-order chi connectivity index (χ0) is 11.3. The van der Waals surface area contributed by atoms with Gasteiger partial charge in [0.05, 0.1) is 6.10 Å². The SMILES string of the molecule is C=C(C)CCC(O)c1ccccc1CC. The maximum Gasteiger partial charge on any atom is 0.0795 e. The lowest BCUT2D eigenvalue weighted by Gasteiger charge is -2.14. The first-order valence-electron chi connectivity index (χ1n) is 5.55. The van der Waals surface area contributed by atoms with Gasteiger partial charge in [-0.25, -0.2) is 0 Å². The van der Waals surface area contributed by atoms with Crippen molar-refractivity contribution in [3.8, 4) is 0 Å². The van der Waals surface area contributed by atoms with Crippen molar-refractivity contribution in [1.82, 2.24) is 0 Å². The molecular formula is C14H20O. The quantitative estimate of drug-likeness (QED) is 0.726. The predicted octanol–water partition coefficient (Wildman–Crippen LogP) is 3.64. The standard InChI is InChI=1S/C14H20O/c1-4-12-7-5-6-8-13(12)14(15)10-9-11(2)3/h5-8,14-15H,2,4,9-10H2,1,3H3. The van der Waals surface area contributed by atoms with Gasteiger partial charge in [0.15, 0.2) is 0 Å². The monoisotopic (exact) mass is 204 g/mol. The van der Waals surface area contributed by atoms with Crippen LogP contribution in [0.25, 0.3) is 0 Å². The highest BCUT2D eigenvalue weighted by atomic mass is 16.3. The van der Waals surface area contributed by atoms with E-state index >= 15 is 0 Å². The fraction of sp³-hybridized carbons (Fsp3) is 0.429. The minimum atomic E-state index is -0.349. The molecule has 0 radical (unpaired) electrons. The number of aliphatic hydroxyl groups is 1. The molecule has 15 heavy (non-hydrogen) atoms.